The van der Waals surface area contributed by atoms with Crippen molar-refractivity contribution >= 4 is 5.91 Å². The summed E-state index contributed by atoms with van der Waals surface area (Å²) in [6, 6.07) is 7.36. The van der Waals surface area contributed by atoms with Crippen LogP contribution in [0, 0.1) is 0 Å². The van der Waals surface area contributed by atoms with Gasteiger partial charge in [0, 0.05) is 18.2 Å². The zero-order valence-electron chi connectivity index (χ0n) is 14.2. The highest BCUT2D eigenvalue weighted by atomic mass is 16.5. The summed E-state index contributed by atoms with van der Waals surface area (Å²) in [7, 11) is 3.59. The third kappa shape index (κ3) is 4.99. The second-order valence-corrected chi connectivity index (χ2v) is 5.54. The van der Waals surface area contributed by atoms with Gasteiger partial charge in [0.15, 0.2) is 12.4 Å². The van der Waals surface area contributed by atoms with Gasteiger partial charge in [-0.2, -0.15) is 0 Å². The fourth-order valence-corrected chi connectivity index (χ4v) is 2.33. The van der Waals surface area contributed by atoms with Crippen LogP contribution in [0.1, 0.15) is 23.9 Å². The first kappa shape index (κ1) is 17.8. The minimum atomic E-state index is -0.512. The normalized spacial score (nSPS) is 10.8. The summed E-state index contributed by atoms with van der Waals surface area (Å²) < 4.78 is 16.0. The lowest BCUT2D eigenvalue weighted by Gasteiger charge is -2.18. The van der Waals surface area contributed by atoms with Gasteiger partial charge in [0.2, 0.25) is 0 Å². The predicted molar refractivity (Wildman–Crippen MR) is 88.7 cm³/mol. The van der Waals surface area contributed by atoms with Gasteiger partial charge in [-0.05, 0) is 31.7 Å². The van der Waals surface area contributed by atoms with E-state index in [-0.39, 0.29) is 6.61 Å². The quantitative estimate of drug-likeness (QED) is 0.752. The van der Waals surface area contributed by atoms with Crippen LogP contribution in [0.25, 0.3) is 0 Å². The Morgan fingerprint density at radius 2 is 2.12 bits per heavy atom. The molecule has 0 saturated heterocycles. The van der Waals surface area contributed by atoms with Crippen molar-refractivity contribution in [3.05, 3.63) is 41.3 Å². The first-order valence-electron chi connectivity index (χ1n) is 7.72. The van der Waals surface area contributed by atoms with Crippen molar-refractivity contribution in [2.75, 3.05) is 20.8 Å². The number of ether oxygens (including phenoxy) is 2. The van der Waals surface area contributed by atoms with E-state index in [1.165, 1.54) is 0 Å². The molecule has 2 N–H and O–H groups in total. The van der Waals surface area contributed by atoms with Crippen molar-refractivity contribution in [3.63, 3.8) is 0 Å². The number of methoxy groups -OCH3 is 1. The summed E-state index contributed by atoms with van der Waals surface area (Å²) in [5.74, 6) is 1.63. The number of primary amides is 1. The second kappa shape index (κ2) is 8.35. The molecule has 1 aromatic heterocycles. The zero-order chi connectivity index (χ0) is 17.5. The van der Waals surface area contributed by atoms with E-state index in [4.69, 9.17) is 19.7 Å². The molecule has 2 aromatic rings. The molecule has 7 heteroatoms. The number of carbonyl (C=O) groups excluding carboxylic acids is 1. The smallest absolute Gasteiger partial charge is 0.255 e. The first-order valence-corrected chi connectivity index (χ1v) is 7.72. The molecule has 0 aliphatic carbocycles. The van der Waals surface area contributed by atoms with E-state index in [1.807, 2.05) is 32.2 Å². The van der Waals surface area contributed by atoms with Crippen molar-refractivity contribution in [2.24, 2.45) is 5.73 Å². The number of rotatable bonds is 9. The van der Waals surface area contributed by atoms with Crippen LogP contribution >= 0.6 is 0 Å². The molecule has 0 fully saturated rings. The summed E-state index contributed by atoms with van der Waals surface area (Å²) in [6.07, 6.45) is 0.848. The monoisotopic (exact) mass is 333 g/mol. The number of nitrogens with zero attached hydrogens (tertiary/aromatic N) is 2. The number of benzene rings is 1. The number of hydrogen-bond acceptors (Lipinski definition) is 6. The average molecular weight is 333 g/mol. The average Bonchev–Trinajstić information content (AvgIpc) is 3.00. The van der Waals surface area contributed by atoms with Gasteiger partial charge in [0.25, 0.3) is 5.91 Å². The van der Waals surface area contributed by atoms with Crippen molar-refractivity contribution in [2.45, 2.75) is 26.4 Å². The maximum atomic E-state index is 10.8. The van der Waals surface area contributed by atoms with Crippen LogP contribution in [-0.2, 0) is 24.3 Å². The Hall–Kier alpha value is -2.54. The lowest BCUT2D eigenvalue weighted by atomic mass is 10.1. The standard InChI is InChI=1S/C17H23N3O4/c1-4-13-8-15(24-19-13)10-20(2)9-12-7-14(23-11-17(18)21)5-6-16(12)22-3/h5-8H,4,9-11H2,1-3H3,(H2,18,21). The van der Waals surface area contributed by atoms with Gasteiger partial charge in [-0.3, -0.25) is 9.69 Å². The van der Waals surface area contributed by atoms with Crippen molar-refractivity contribution in [3.8, 4) is 11.5 Å². The maximum Gasteiger partial charge on any atom is 0.255 e. The van der Waals surface area contributed by atoms with Crippen molar-refractivity contribution in [1.29, 1.82) is 0 Å². The van der Waals surface area contributed by atoms with Gasteiger partial charge < -0.3 is 19.7 Å². The Balaban J connectivity index is 2.05. The van der Waals surface area contributed by atoms with Crippen LogP contribution in [0.4, 0.5) is 0 Å². The Bertz CT molecular complexity index is 684. The van der Waals surface area contributed by atoms with Gasteiger partial charge in [-0.25, -0.2) is 0 Å². The lowest BCUT2D eigenvalue weighted by molar-refractivity contribution is -0.119. The van der Waals surface area contributed by atoms with Gasteiger partial charge in [0.1, 0.15) is 11.5 Å². The number of carbonyl (C=O) groups is 1. The Labute approximate surface area is 141 Å². The number of aryl methyl sites for hydroxylation is 1. The van der Waals surface area contributed by atoms with Crippen LogP contribution in [0.2, 0.25) is 0 Å². The number of aromatic nitrogens is 1. The lowest BCUT2D eigenvalue weighted by Crippen LogP contribution is -2.20. The molecule has 130 valence electrons. The molecular weight excluding hydrogens is 310 g/mol. The van der Waals surface area contributed by atoms with Gasteiger partial charge >= 0.3 is 0 Å². The largest absolute Gasteiger partial charge is 0.496 e. The number of hydrogen-bond donors (Lipinski definition) is 1. The van der Waals surface area contributed by atoms with E-state index >= 15 is 0 Å². The van der Waals surface area contributed by atoms with E-state index in [2.05, 4.69) is 10.1 Å². The molecule has 24 heavy (non-hydrogen) atoms. The summed E-state index contributed by atoms with van der Waals surface area (Å²) in [5.41, 5.74) is 6.99. The number of nitrogens with two attached hydrogens (primary N) is 1. The van der Waals surface area contributed by atoms with Gasteiger partial charge in [-0.15, -0.1) is 0 Å². The molecule has 1 aromatic carbocycles. The molecule has 2 rings (SSSR count). The Morgan fingerprint density at radius 1 is 1.33 bits per heavy atom. The molecule has 0 aliphatic heterocycles. The molecule has 0 radical (unpaired) electrons. The van der Waals surface area contributed by atoms with Crippen LogP contribution in [-0.4, -0.2) is 36.7 Å². The minimum Gasteiger partial charge on any atom is -0.496 e. The van der Waals surface area contributed by atoms with Crippen LogP contribution in [0.15, 0.2) is 28.8 Å². The zero-order valence-corrected chi connectivity index (χ0v) is 14.2. The fourth-order valence-electron chi connectivity index (χ4n) is 2.33. The third-order valence-electron chi connectivity index (χ3n) is 3.47. The fraction of sp³-hybridized carbons (Fsp3) is 0.412. The van der Waals surface area contributed by atoms with Crippen LogP contribution in [0.5, 0.6) is 11.5 Å². The van der Waals surface area contributed by atoms with E-state index in [0.29, 0.717) is 18.8 Å². The Morgan fingerprint density at radius 3 is 2.75 bits per heavy atom. The molecule has 0 unspecified atom stereocenters. The van der Waals surface area contributed by atoms with Crippen molar-refractivity contribution < 1.29 is 18.8 Å². The van der Waals surface area contributed by atoms with E-state index in [9.17, 15) is 4.79 Å². The summed E-state index contributed by atoms with van der Waals surface area (Å²) in [5, 5.41) is 3.99. The molecule has 0 atom stereocenters. The Kier molecular flexibility index (Phi) is 6.20. The molecular formula is C17H23N3O4. The van der Waals surface area contributed by atoms with E-state index < -0.39 is 5.91 Å². The molecule has 0 aliphatic rings. The molecule has 1 amide bonds. The minimum absolute atomic E-state index is 0.153. The summed E-state index contributed by atoms with van der Waals surface area (Å²) >= 11 is 0. The summed E-state index contributed by atoms with van der Waals surface area (Å²) in [4.78, 5) is 12.9. The highest BCUT2D eigenvalue weighted by molar-refractivity contribution is 5.75. The topological polar surface area (TPSA) is 90.8 Å². The van der Waals surface area contributed by atoms with Crippen molar-refractivity contribution in [1.82, 2.24) is 10.1 Å². The maximum absolute atomic E-state index is 10.8. The molecule has 0 saturated carbocycles. The molecule has 0 bridgehead atoms. The van der Waals surface area contributed by atoms with E-state index in [0.717, 1.165) is 29.2 Å². The summed E-state index contributed by atoms with van der Waals surface area (Å²) in [6.45, 7) is 3.13. The SMILES string of the molecule is CCc1cc(CN(C)Cc2cc(OCC(N)=O)ccc2OC)on1. The van der Waals surface area contributed by atoms with Crippen LogP contribution < -0.4 is 15.2 Å². The molecule has 7 nitrogen and oxygen atoms in total. The highest BCUT2D eigenvalue weighted by Gasteiger charge is 2.11. The van der Waals surface area contributed by atoms with Gasteiger partial charge in [-0.1, -0.05) is 12.1 Å². The highest BCUT2D eigenvalue weighted by Crippen LogP contribution is 2.25. The predicted octanol–water partition coefficient (Wildman–Crippen LogP) is 1.74. The molecule has 1 heterocycles. The van der Waals surface area contributed by atoms with Gasteiger partial charge in [0.05, 0.1) is 19.3 Å². The first-order chi connectivity index (χ1) is 11.5. The second-order valence-electron chi connectivity index (χ2n) is 5.54. The number of amides is 1. The van der Waals surface area contributed by atoms with E-state index in [1.54, 1.807) is 13.2 Å². The van der Waals surface area contributed by atoms with Crippen LogP contribution in [0.3, 0.4) is 0 Å². The third-order valence-corrected chi connectivity index (χ3v) is 3.47. The molecule has 0 spiro atoms.